The molecule has 1 aromatic carbocycles. The van der Waals surface area contributed by atoms with Crippen molar-refractivity contribution in [3.05, 3.63) is 42.2 Å². The van der Waals surface area contributed by atoms with Crippen LogP contribution in [0.5, 0.6) is 5.75 Å². The normalized spacial score (nSPS) is 12.1. The topological polar surface area (TPSA) is 35.0 Å². The Bertz CT molecular complexity index is 578. The first kappa shape index (κ1) is 18.4. The molecule has 0 radical (unpaired) electrons. The molecule has 1 atom stereocenters. The molecular formula is C21H30N2O. The van der Waals surface area contributed by atoms with Crippen molar-refractivity contribution < 1.29 is 4.74 Å². The molecule has 0 saturated carbocycles. The highest BCUT2D eigenvalue weighted by Gasteiger charge is 2.04. The van der Waals surface area contributed by atoms with Crippen LogP contribution in [0.4, 0.5) is 0 Å². The molecule has 0 aliphatic heterocycles. The van der Waals surface area contributed by atoms with Crippen molar-refractivity contribution in [1.29, 1.82) is 0 Å². The van der Waals surface area contributed by atoms with Gasteiger partial charge in [-0.2, -0.15) is 0 Å². The van der Waals surface area contributed by atoms with Gasteiger partial charge in [0, 0.05) is 18.0 Å². The van der Waals surface area contributed by atoms with Crippen molar-refractivity contribution in [2.45, 2.75) is 59.3 Å². The van der Waals surface area contributed by atoms with Crippen LogP contribution in [0, 0.1) is 5.92 Å². The van der Waals surface area contributed by atoms with Gasteiger partial charge < -0.3 is 4.74 Å². The van der Waals surface area contributed by atoms with E-state index in [2.05, 4.69) is 30.7 Å². The molecule has 0 saturated heterocycles. The van der Waals surface area contributed by atoms with E-state index >= 15 is 0 Å². The number of aromatic nitrogens is 2. The second-order valence-corrected chi connectivity index (χ2v) is 6.57. The Morgan fingerprint density at radius 3 is 2.29 bits per heavy atom. The monoisotopic (exact) mass is 326 g/mol. The highest BCUT2D eigenvalue weighted by molar-refractivity contribution is 5.55. The van der Waals surface area contributed by atoms with Gasteiger partial charge >= 0.3 is 0 Å². The first-order chi connectivity index (χ1) is 11.7. The van der Waals surface area contributed by atoms with Crippen LogP contribution in [0.1, 0.15) is 58.4 Å². The Morgan fingerprint density at radius 2 is 1.67 bits per heavy atom. The van der Waals surface area contributed by atoms with Crippen molar-refractivity contribution in [2.24, 2.45) is 5.92 Å². The summed E-state index contributed by atoms with van der Waals surface area (Å²) in [5, 5.41) is 0. The molecule has 3 heteroatoms. The second-order valence-electron chi connectivity index (χ2n) is 6.57. The lowest BCUT2D eigenvalue weighted by Crippen LogP contribution is -2.07. The van der Waals surface area contributed by atoms with E-state index < -0.39 is 0 Å². The van der Waals surface area contributed by atoms with Crippen LogP contribution >= 0.6 is 0 Å². The molecule has 0 aliphatic carbocycles. The summed E-state index contributed by atoms with van der Waals surface area (Å²) >= 11 is 0. The highest BCUT2D eigenvalue weighted by Crippen LogP contribution is 2.20. The SMILES string of the molecule is CCCCCCc1cnc(-c2ccc(OC[C@@H](C)CC)cc2)nc1. The zero-order chi connectivity index (χ0) is 17.2. The number of hydrogen-bond donors (Lipinski definition) is 0. The first-order valence-electron chi connectivity index (χ1n) is 9.27. The van der Waals surface area contributed by atoms with Crippen LogP contribution in [-0.4, -0.2) is 16.6 Å². The molecule has 130 valence electrons. The molecule has 0 N–H and O–H groups in total. The van der Waals surface area contributed by atoms with E-state index in [1.165, 1.54) is 31.2 Å². The zero-order valence-corrected chi connectivity index (χ0v) is 15.3. The highest BCUT2D eigenvalue weighted by atomic mass is 16.5. The Hall–Kier alpha value is -1.90. The zero-order valence-electron chi connectivity index (χ0n) is 15.3. The fourth-order valence-electron chi connectivity index (χ4n) is 2.45. The van der Waals surface area contributed by atoms with Gasteiger partial charge in [0.05, 0.1) is 6.61 Å². The molecule has 0 unspecified atom stereocenters. The Morgan fingerprint density at radius 1 is 0.958 bits per heavy atom. The quantitative estimate of drug-likeness (QED) is 0.526. The Labute approximate surface area is 146 Å². The van der Waals surface area contributed by atoms with Crippen molar-refractivity contribution >= 4 is 0 Å². The molecular weight excluding hydrogens is 296 g/mol. The van der Waals surface area contributed by atoms with Gasteiger partial charge in [0.15, 0.2) is 5.82 Å². The van der Waals surface area contributed by atoms with E-state index in [1.807, 2.05) is 36.7 Å². The van der Waals surface area contributed by atoms with E-state index in [4.69, 9.17) is 4.74 Å². The second kappa shape index (κ2) is 10.1. The number of rotatable bonds is 10. The number of hydrogen-bond acceptors (Lipinski definition) is 3. The molecule has 0 aliphatic rings. The lowest BCUT2D eigenvalue weighted by molar-refractivity contribution is 0.256. The summed E-state index contributed by atoms with van der Waals surface area (Å²) in [6.45, 7) is 7.38. The summed E-state index contributed by atoms with van der Waals surface area (Å²) < 4.78 is 5.79. The number of unbranched alkanes of at least 4 members (excludes halogenated alkanes) is 3. The van der Waals surface area contributed by atoms with Crippen molar-refractivity contribution in [2.75, 3.05) is 6.61 Å². The van der Waals surface area contributed by atoms with Gasteiger partial charge in [-0.25, -0.2) is 9.97 Å². The van der Waals surface area contributed by atoms with Gasteiger partial charge in [-0.15, -0.1) is 0 Å². The lowest BCUT2D eigenvalue weighted by Gasteiger charge is -2.11. The van der Waals surface area contributed by atoms with Crippen LogP contribution in [0.3, 0.4) is 0 Å². The number of nitrogens with zero attached hydrogens (tertiary/aromatic N) is 2. The predicted molar refractivity (Wildman–Crippen MR) is 100 cm³/mol. The van der Waals surface area contributed by atoms with Crippen LogP contribution in [-0.2, 0) is 6.42 Å². The Balaban J connectivity index is 1.89. The maximum atomic E-state index is 5.79. The van der Waals surface area contributed by atoms with E-state index in [9.17, 15) is 0 Å². The molecule has 2 rings (SSSR count). The van der Waals surface area contributed by atoms with Gasteiger partial charge in [0.25, 0.3) is 0 Å². The predicted octanol–water partition coefficient (Wildman–Crippen LogP) is 5.69. The number of benzene rings is 1. The summed E-state index contributed by atoms with van der Waals surface area (Å²) in [6.07, 6.45) is 11.2. The van der Waals surface area contributed by atoms with E-state index in [1.54, 1.807) is 0 Å². The van der Waals surface area contributed by atoms with Crippen molar-refractivity contribution in [3.63, 3.8) is 0 Å². The minimum Gasteiger partial charge on any atom is -0.493 e. The third-order valence-corrected chi connectivity index (χ3v) is 4.37. The lowest BCUT2D eigenvalue weighted by atomic mass is 10.1. The summed E-state index contributed by atoms with van der Waals surface area (Å²) in [7, 11) is 0. The fourth-order valence-corrected chi connectivity index (χ4v) is 2.45. The average Bonchev–Trinajstić information content (AvgIpc) is 2.64. The smallest absolute Gasteiger partial charge is 0.159 e. The minimum absolute atomic E-state index is 0.581. The Kier molecular flexibility index (Phi) is 7.73. The van der Waals surface area contributed by atoms with E-state index in [0.29, 0.717) is 5.92 Å². The summed E-state index contributed by atoms with van der Waals surface area (Å²) in [4.78, 5) is 9.03. The summed E-state index contributed by atoms with van der Waals surface area (Å²) in [6, 6.07) is 8.06. The maximum Gasteiger partial charge on any atom is 0.159 e. The largest absolute Gasteiger partial charge is 0.493 e. The van der Waals surface area contributed by atoms with Crippen LogP contribution in [0.25, 0.3) is 11.4 Å². The fraction of sp³-hybridized carbons (Fsp3) is 0.524. The van der Waals surface area contributed by atoms with Crippen molar-refractivity contribution in [3.8, 4) is 17.1 Å². The van der Waals surface area contributed by atoms with Crippen LogP contribution in [0.2, 0.25) is 0 Å². The maximum absolute atomic E-state index is 5.79. The molecule has 0 spiro atoms. The van der Waals surface area contributed by atoms with Gasteiger partial charge in [0.2, 0.25) is 0 Å². The first-order valence-corrected chi connectivity index (χ1v) is 9.27. The van der Waals surface area contributed by atoms with Gasteiger partial charge in [-0.05, 0) is 48.6 Å². The molecule has 1 aromatic heterocycles. The molecule has 24 heavy (non-hydrogen) atoms. The summed E-state index contributed by atoms with van der Waals surface area (Å²) in [5.74, 6) is 2.27. The van der Waals surface area contributed by atoms with Gasteiger partial charge in [0.1, 0.15) is 5.75 Å². The van der Waals surface area contributed by atoms with E-state index in [0.717, 1.165) is 36.6 Å². The molecule has 1 heterocycles. The molecule has 0 fully saturated rings. The number of ether oxygens (including phenoxy) is 1. The van der Waals surface area contributed by atoms with Crippen LogP contribution < -0.4 is 4.74 Å². The molecule has 0 bridgehead atoms. The van der Waals surface area contributed by atoms with Crippen molar-refractivity contribution in [1.82, 2.24) is 9.97 Å². The molecule has 2 aromatic rings. The minimum atomic E-state index is 0.581. The number of aryl methyl sites for hydroxylation is 1. The third kappa shape index (κ3) is 5.95. The van der Waals surface area contributed by atoms with Crippen LogP contribution in [0.15, 0.2) is 36.7 Å². The van der Waals surface area contributed by atoms with Gasteiger partial charge in [-0.3, -0.25) is 0 Å². The van der Waals surface area contributed by atoms with E-state index in [-0.39, 0.29) is 0 Å². The van der Waals surface area contributed by atoms with Gasteiger partial charge in [-0.1, -0.05) is 46.5 Å². The molecule has 0 amide bonds. The molecule has 3 nitrogen and oxygen atoms in total. The average molecular weight is 326 g/mol. The standard InChI is InChI=1S/C21H30N2O/c1-4-6-7-8-9-18-14-22-21(23-15-18)19-10-12-20(13-11-19)24-16-17(3)5-2/h10-15,17H,4-9,16H2,1-3H3/t17-/m0/s1. The third-order valence-electron chi connectivity index (χ3n) is 4.37. The summed E-state index contributed by atoms with van der Waals surface area (Å²) in [5.41, 5.74) is 2.26.